The normalized spacial score (nSPS) is 18.1. The summed E-state index contributed by atoms with van der Waals surface area (Å²) < 4.78 is 49.6. The number of aromatic nitrogens is 3. The smallest absolute Gasteiger partial charge is 0.422 e. The van der Waals surface area contributed by atoms with Crippen LogP contribution in [-0.4, -0.2) is 34.3 Å². The van der Waals surface area contributed by atoms with E-state index in [0.717, 1.165) is 25.0 Å². The lowest BCUT2D eigenvalue weighted by atomic mass is 9.74. The number of benzene rings is 1. The van der Waals surface area contributed by atoms with Gasteiger partial charge in [-0.3, -0.25) is 4.40 Å². The van der Waals surface area contributed by atoms with E-state index >= 15 is 0 Å². The highest BCUT2D eigenvalue weighted by Gasteiger charge is 2.45. The van der Waals surface area contributed by atoms with Crippen molar-refractivity contribution in [2.24, 2.45) is 0 Å². The number of para-hydroxylation sites is 1. The summed E-state index contributed by atoms with van der Waals surface area (Å²) in [4.78, 5) is 1.84. The molecule has 8 heteroatoms. The molecular formula is C22H23F3N4O. The van der Waals surface area contributed by atoms with Crippen LogP contribution in [0.5, 0.6) is 5.75 Å². The van der Waals surface area contributed by atoms with Crippen molar-refractivity contribution in [3.8, 4) is 5.75 Å². The van der Waals surface area contributed by atoms with Crippen LogP contribution >= 0.6 is 0 Å². The van der Waals surface area contributed by atoms with Gasteiger partial charge in [-0.1, -0.05) is 25.1 Å². The Labute approximate surface area is 172 Å². The van der Waals surface area contributed by atoms with Crippen LogP contribution < -0.4 is 9.64 Å². The molecule has 2 aliphatic rings. The molecule has 1 saturated heterocycles. The summed E-state index contributed by atoms with van der Waals surface area (Å²) in [5, 5.41) is 7.91. The number of rotatable bonds is 3. The Morgan fingerprint density at radius 1 is 1.10 bits per heavy atom. The zero-order valence-corrected chi connectivity index (χ0v) is 16.7. The van der Waals surface area contributed by atoms with Crippen molar-refractivity contribution < 1.29 is 17.9 Å². The molecule has 2 aromatic heterocycles. The number of fused-ring (bicyclic) bond motifs is 3. The molecule has 0 aliphatic carbocycles. The molecule has 5 rings (SSSR count). The monoisotopic (exact) mass is 416 g/mol. The lowest BCUT2D eigenvalue weighted by Crippen LogP contribution is -2.44. The number of piperidine rings is 1. The van der Waals surface area contributed by atoms with Crippen molar-refractivity contribution in [3.05, 3.63) is 53.5 Å². The third-order valence-corrected chi connectivity index (χ3v) is 6.41. The molecule has 1 fully saturated rings. The molecule has 0 amide bonds. The summed E-state index contributed by atoms with van der Waals surface area (Å²) in [5.41, 5.74) is 0.445. The maximum atomic E-state index is 14.1. The fourth-order valence-electron chi connectivity index (χ4n) is 4.84. The number of alkyl halides is 3. The maximum absolute atomic E-state index is 14.1. The van der Waals surface area contributed by atoms with E-state index in [1.54, 1.807) is 12.3 Å². The number of nitrogens with zero attached hydrogens (tertiary/aromatic N) is 4. The quantitative estimate of drug-likeness (QED) is 0.624. The van der Waals surface area contributed by atoms with Crippen LogP contribution in [0.15, 0.2) is 36.5 Å². The Morgan fingerprint density at radius 2 is 1.87 bits per heavy atom. The van der Waals surface area contributed by atoms with Gasteiger partial charge in [0.1, 0.15) is 17.1 Å². The van der Waals surface area contributed by atoms with Gasteiger partial charge in [-0.25, -0.2) is 0 Å². The Hall–Kier alpha value is -2.77. The molecule has 0 bridgehead atoms. The van der Waals surface area contributed by atoms with E-state index in [-0.39, 0.29) is 16.7 Å². The van der Waals surface area contributed by atoms with Crippen molar-refractivity contribution in [2.45, 2.75) is 44.2 Å². The number of pyridine rings is 1. The Morgan fingerprint density at radius 3 is 2.60 bits per heavy atom. The second-order valence-corrected chi connectivity index (χ2v) is 8.19. The lowest BCUT2D eigenvalue weighted by molar-refractivity contribution is -0.136. The average molecular weight is 416 g/mol. The summed E-state index contributed by atoms with van der Waals surface area (Å²) in [7, 11) is 0. The van der Waals surface area contributed by atoms with Crippen LogP contribution in [0.1, 0.15) is 43.1 Å². The van der Waals surface area contributed by atoms with Crippen LogP contribution in [0, 0.1) is 0 Å². The molecule has 3 aromatic rings. The molecule has 158 valence electrons. The van der Waals surface area contributed by atoms with E-state index in [2.05, 4.69) is 16.3 Å². The van der Waals surface area contributed by atoms with Crippen molar-refractivity contribution in [1.29, 1.82) is 0 Å². The standard InChI is InChI=1S/C22H23F3N4O/c1-2-5-18-26-27-20-19(22(23,24)25)16(8-11-29(18)20)28-12-9-21(10-13-28)14-30-17-7-4-3-6-15(17)21/h3-4,6-8,11H,2,5,9-10,12-14H2,1H3. The number of aryl methyl sites for hydroxylation is 1. The van der Waals surface area contributed by atoms with E-state index in [4.69, 9.17) is 4.74 Å². The first kappa shape index (κ1) is 19.2. The van der Waals surface area contributed by atoms with Crippen molar-refractivity contribution >= 4 is 11.3 Å². The minimum Gasteiger partial charge on any atom is -0.492 e. The van der Waals surface area contributed by atoms with Crippen molar-refractivity contribution in [2.75, 3.05) is 24.6 Å². The van der Waals surface area contributed by atoms with Gasteiger partial charge in [0.05, 0.1) is 12.3 Å². The number of halogens is 3. The van der Waals surface area contributed by atoms with Crippen LogP contribution in [0.3, 0.4) is 0 Å². The second-order valence-electron chi connectivity index (χ2n) is 8.19. The number of hydrogen-bond donors (Lipinski definition) is 0. The SMILES string of the molecule is CCCc1nnc2c(C(F)(F)F)c(N3CCC4(CC3)COc3ccccc34)ccn12. The Bertz CT molecular complexity index is 1080. The zero-order valence-electron chi connectivity index (χ0n) is 16.7. The van der Waals surface area contributed by atoms with Crippen LogP contribution in [0.25, 0.3) is 5.65 Å². The Balaban J connectivity index is 1.49. The van der Waals surface area contributed by atoms with Crippen LogP contribution in [0.2, 0.25) is 0 Å². The minimum atomic E-state index is -4.51. The van der Waals surface area contributed by atoms with Gasteiger partial charge in [0.2, 0.25) is 0 Å². The van der Waals surface area contributed by atoms with Gasteiger partial charge in [-0.2, -0.15) is 13.2 Å². The number of hydrogen-bond acceptors (Lipinski definition) is 4. The van der Waals surface area contributed by atoms with Crippen molar-refractivity contribution in [3.63, 3.8) is 0 Å². The molecule has 0 unspecified atom stereocenters. The average Bonchev–Trinajstić information content (AvgIpc) is 3.30. The summed E-state index contributed by atoms with van der Waals surface area (Å²) >= 11 is 0. The van der Waals surface area contributed by atoms with E-state index in [0.29, 0.717) is 31.9 Å². The molecule has 1 aromatic carbocycles. The second kappa shape index (κ2) is 6.89. The molecule has 5 nitrogen and oxygen atoms in total. The summed E-state index contributed by atoms with van der Waals surface area (Å²) in [5.74, 6) is 1.46. The van der Waals surface area contributed by atoms with Gasteiger partial charge in [0.15, 0.2) is 5.65 Å². The van der Waals surface area contributed by atoms with E-state index in [9.17, 15) is 13.2 Å². The van der Waals surface area contributed by atoms with Crippen LogP contribution in [-0.2, 0) is 18.0 Å². The molecule has 30 heavy (non-hydrogen) atoms. The molecule has 0 saturated carbocycles. The number of anilines is 1. The van der Waals surface area contributed by atoms with E-state index < -0.39 is 11.7 Å². The first-order chi connectivity index (χ1) is 14.4. The van der Waals surface area contributed by atoms with Crippen LogP contribution in [0.4, 0.5) is 18.9 Å². The summed E-state index contributed by atoms with van der Waals surface area (Å²) in [6, 6.07) is 9.55. The van der Waals surface area contributed by atoms with Crippen molar-refractivity contribution in [1.82, 2.24) is 14.6 Å². The summed E-state index contributed by atoms with van der Waals surface area (Å²) in [6.45, 7) is 3.63. The van der Waals surface area contributed by atoms with Gasteiger partial charge in [-0.15, -0.1) is 10.2 Å². The van der Waals surface area contributed by atoms with Gasteiger partial charge in [0, 0.05) is 36.7 Å². The predicted octanol–water partition coefficient (Wildman–Crippen LogP) is 4.63. The highest BCUT2D eigenvalue weighted by Crippen LogP contribution is 2.47. The third kappa shape index (κ3) is 2.92. The fourth-order valence-corrected chi connectivity index (χ4v) is 4.84. The van der Waals surface area contributed by atoms with Gasteiger partial charge < -0.3 is 9.64 Å². The topological polar surface area (TPSA) is 42.7 Å². The highest BCUT2D eigenvalue weighted by molar-refractivity contribution is 5.67. The number of ether oxygens (including phenoxy) is 1. The molecule has 0 radical (unpaired) electrons. The van der Waals surface area contributed by atoms with E-state index in [1.165, 1.54) is 9.96 Å². The molecule has 4 heterocycles. The largest absolute Gasteiger partial charge is 0.492 e. The molecule has 0 N–H and O–H groups in total. The molecular weight excluding hydrogens is 393 g/mol. The molecule has 0 atom stereocenters. The highest BCUT2D eigenvalue weighted by atomic mass is 19.4. The van der Waals surface area contributed by atoms with Gasteiger partial charge in [0.25, 0.3) is 0 Å². The Kier molecular flexibility index (Phi) is 4.41. The summed E-state index contributed by atoms with van der Waals surface area (Å²) in [6.07, 6.45) is 0.0431. The first-order valence-corrected chi connectivity index (χ1v) is 10.3. The molecule has 1 spiro atoms. The van der Waals surface area contributed by atoms with Gasteiger partial charge in [-0.05, 0) is 31.4 Å². The fraction of sp³-hybridized carbons (Fsp3) is 0.455. The van der Waals surface area contributed by atoms with E-state index in [1.807, 2.05) is 30.0 Å². The third-order valence-electron chi connectivity index (χ3n) is 6.41. The lowest BCUT2D eigenvalue weighted by Gasteiger charge is -2.40. The van der Waals surface area contributed by atoms with Gasteiger partial charge >= 0.3 is 6.18 Å². The zero-order chi connectivity index (χ0) is 20.9. The maximum Gasteiger partial charge on any atom is 0.422 e. The predicted molar refractivity (Wildman–Crippen MR) is 107 cm³/mol. The molecule has 2 aliphatic heterocycles. The minimum absolute atomic E-state index is 0.112. The first-order valence-electron chi connectivity index (χ1n) is 10.3.